The average molecular weight is 476 g/mol. The lowest BCUT2D eigenvalue weighted by atomic mass is 10.1. The van der Waals surface area contributed by atoms with Crippen molar-refractivity contribution in [1.29, 1.82) is 5.26 Å². The van der Waals surface area contributed by atoms with Crippen molar-refractivity contribution in [3.63, 3.8) is 0 Å². The summed E-state index contributed by atoms with van der Waals surface area (Å²) in [5.41, 5.74) is 1.21. The van der Waals surface area contributed by atoms with E-state index >= 15 is 0 Å². The van der Waals surface area contributed by atoms with Crippen LogP contribution >= 0.6 is 34.8 Å². The molecule has 0 unspecified atom stereocenters. The van der Waals surface area contributed by atoms with Crippen LogP contribution in [0.15, 0.2) is 66.2 Å². The van der Waals surface area contributed by atoms with Crippen molar-refractivity contribution in [2.45, 2.75) is 6.61 Å². The van der Waals surface area contributed by atoms with Gasteiger partial charge in [-0.15, -0.1) is 0 Å². The van der Waals surface area contributed by atoms with Crippen LogP contribution in [0.5, 0.6) is 5.75 Å². The molecule has 0 spiro atoms. The number of benzene rings is 3. The Hall–Kier alpha value is -3.04. The summed E-state index contributed by atoms with van der Waals surface area (Å²) >= 11 is 18.4. The highest BCUT2D eigenvalue weighted by molar-refractivity contribution is 6.36. The Bertz CT molecular complexity index is 1190. The molecular weight excluding hydrogens is 462 g/mol. The monoisotopic (exact) mass is 474 g/mol. The number of nitrogens with zero attached hydrogens (tertiary/aromatic N) is 1. The van der Waals surface area contributed by atoms with Gasteiger partial charge in [0.25, 0.3) is 5.91 Å². The normalized spacial score (nSPS) is 11.0. The quantitative estimate of drug-likeness (QED) is 0.311. The maximum Gasteiger partial charge on any atom is 0.266 e. The Morgan fingerprint density at radius 1 is 1.06 bits per heavy atom. The zero-order valence-corrected chi connectivity index (χ0v) is 18.1. The van der Waals surface area contributed by atoms with Crippen molar-refractivity contribution in [3.05, 3.63) is 98.2 Å². The second-order valence-electron chi connectivity index (χ2n) is 6.32. The fourth-order valence-corrected chi connectivity index (χ4v) is 3.38. The van der Waals surface area contributed by atoms with Crippen molar-refractivity contribution in [2.24, 2.45) is 0 Å². The highest BCUT2D eigenvalue weighted by Crippen LogP contribution is 2.34. The maximum absolute atomic E-state index is 13.1. The Balaban J connectivity index is 1.89. The van der Waals surface area contributed by atoms with Gasteiger partial charge >= 0.3 is 0 Å². The summed E-state index contributed by atoms with van der Waals surface area (Å²) in [4.78, 5) is 12.6. The lowest BCUT2D eigenvalue weighted by Gasteiger charge is -2.13. The van der Waals surface area contributed by atoms with Gasteiger partial charge < -0.3 is 10.1 Å². The lowest BCUT2D eigenvalue weighted by molar-refractivity contribution is -0.112. The predicted molar refractivity (Wildman–Crippen MR) is 121 cm³/mol. The third-order valence-corrected chi connectivity index (χ3v) is 4.95. The molecule has 0 aliphatic heterocycles. The number of amides is 1. The molecule has 0 saturated carbocycles. The molecule has 0 aromatic heterocycles. The molecule has 1 N–H and O–H groups in total. The highest BCUT2D eigenvalue weighted by Gasteiger charge is 2.15. The molecule has 0 saturated heterocycles. The molecule has 0 aliphatic rings. The van der Waals surface area contributed by atoms with E-state index < -0.39 is 5.91 Å². The van der Waals surface area contributed by atoms with Gasteiger partial charge in [0.2, 0.25) is 0 Å². The summed E-state index contributed by atoms with van der Waals surface area (Å²) < 4.78 is 18.9. The van der Waals surface area contributed by atoms with E-state index in [1.54, 1.807) is 36.4 Å². The van der Waals surface area contributed by atoms with Crippen molar-refractivity contribution in [3.8, 4) is 11.8 Å². The van der Waals surface area contributed by atoms with E-state index in [4.69, 9.17) is 39.5 Å². The van der Waals surface area contributed by atoms with Crippen LogP contribution in [-0.2, 0) is 11.4 Å². The third kappa shape index (κ3) is 5.99. The van der Waals surface area contributed by atoms with E-state index in [-0.39, 0.29) is 28.8 Å². The average Bonchev–Trinajstić information content (AvgIpc) is 2.74. The molecule has 4 nitrogen and oxygen atoms in total. The van der Waals surface area contributed by atoms with Crippen LogP contribution in [0, 0.1) is 17.1 Å². The minimum Gasteiger partial charge on any atom is -0.487 e. The number of hydrogen-bond donors (Lipinski definition) is 1. The van der Waals surface area contributed by atoms with Crippen LogP contribution in [-0.4, -0.2) is 5.91 Å². The maximum atomic E-state index is 13.1. The van der Waals surface area contributed by atoms with Gasteiger partial charge in [0.1, 0.15) is 29.8 Å². The van der Waals surface area contributed by atoms with Gasteiger partial charge in [0, 0.05) is 10.6 Å². The molecule has 3 aromatic carbocycles. The number of halogens is 4. The Morgan fingerprint density at radius 3 is 2.45 bits per heavy atom. The molecule has 0 bridgehead atoms. The Labute approximate surface area is 193 Å². The number of para-hydroxylation sites is 1. The van der Waals surface area contributed by atoms with Crippen LogP contribution in [0.1, 0.15) is 11.1 Å². The molecule has 0 fully saturated rings. The molecule has 8 heteroatoms. The molecule has 0 aliphatic carbocycles. The van der Waals surface area contributed by atoms with Crippen LogP contribution in [0.2, 0.25) is 15.1 Å². The number of hydrogen-bond acceptors (Lipinski definition) is 3. The molecular formula is C23H14Cl3FN2O2. The van der Waals surface area contributed by atoms with Gasteiger partial charge in [-0.1, -0.05) is 59.1 Å². The number of nitrogens with one attached hydrogen (secondary N) is 1. The summed E-state index contributed by atoms with van der Waals surface area (Å²) in [6.07, 6.45) is 1.32. The van der Waals surface area contributed by atoms with Gasteiger partial charge in [-0.3, -0.25) is 4.79 Å². The molecule has 31 heavy (non-hydrogen) atoms. The Morgan fingerprint density at radius 2 is 1.77 bits per heavy atom. The first-order chi connectivity index (χ1) is 14.9. The van der Waals surface area contributed by atoms with E-state index in [1.807, 2.05) is 6.07 Å². The molecule has 3 aromatic rings. The van der Waals surface area contributed by atoms with Crippen LogP contribution in [0.3, 0.4) is 0 Å². The number of carbonyl (C=O) groups is 1. The number of carbonyl (C=O) groups excluding carboxylic acids is 1. The molecule has 0 radical (unpaired) electrons. The van der Waals surface area contributed by atoms with Gasteiger partial charge in [-0.05, 0) is 48.0 Å². The van der Waals surface area contributed by atoms with Gasteiger partial charge in [0.05, 0.1) is 15.7 Å². The summed E-state index contributed by atoms with van der Waals surface area (Å²) in [7, 11) is 0. The first-order valence-corrected chi connectivity index (χ1v) is 10.0. The predicted octanol–water partition coefficient (Wildman–Crippen LogP) is 6.91. The second-order valence-corrected chi connectivity index (χ2v) is 7.58. The first-order valence-electron chi connectivity index (χ1n) is 8.91. The molecule has 0 heterocycles. The van der Waals surface area contributed by atoms with Crippen molar-refractivity contribution < 1.29 is 13.9 Å². The standard InChI is InChI=1S/C23H14Cl3FN2O2/c24-17-10-15(9-16(12-28)23(30)29-21-4-2-1-3-19(21)25)22(20(26)11-17)31-13-14-5-7-18(27)8-6-14/h1-11H,13H2,(H,29,30)/b16-9+. The second kappa shape index (κ2) is 10.3. The number of nitriles is 1. The van der Waals surface area contributed by atoms with E-state index in [1.165, 1.54) is 30.3 Å². The van der Waals surface area contributed by atoms with Crippen molar-refractivity contribution in [2.75, 3.05) is 5.32 Å². The summed E-state index contributed by atoms with van der Waals surface area (Å²) in [6.45, 7) is 0.0934. The lowest BCUT2D eigenvalue weighted by Crippen LogP contribution is -2.13. The van der Waals surface area contributed by atoms with Crippen molar-refractivity contribution >= 4 is 52.5 Å². The molecule has 0 atom stereocenters. The Kier molecular flexibility index (Phi) is 7.54. The molecule has 3 rings (SSSR count). The molecule has 156 valence electrons. The van der Waals surface area contributed by atoms with Crippen LogP contribution in [0.25, 0.3) is 6.08 Å². The van der Waals surface area contributed by atoms with E-state index in [9.17, 15) is 14.4 Å². The SMILES string of the molecule is N#C/C(=C\c1cc(Cl)cc(Cl)c1OCc1ccc(F)cc1)C(=O)Nc1ccccc1Cl. The van der Waals surface area contributed by atoms with E-state index in [0.29, 0.717) is 26.9 Å². The molecule has 1 amide bonds. The summed E-state index contributed by atoms with van der Waals surface area (Å²) in [5.74, 6) is -0.787. The smallest absolute Gasteiger partial charge is 0.266 e. The number of ether oxygens (including phenoxy) is 1. The fourth-order valence-electron chi connectivity index (χ4n) is 2.63. The zero-order valence-electron chi connectivity index (χ0n) is 15.8. The van der Waals surface area contributed by atoms with Gasteiger partial charge in [-0.2, -0.15) is 5.26 Å². The van der Waals surface area contributed by atoms with Crippen LogP contribution in [0.4, 0.5) is 10.1 Å². The van der Waals surface area contributed by atoms with Gasteiger partial charge in [-0.25, -0.2) is 4.39 Å². The van der Waals surface area contributed by atoms with Crippen molar-refractivity contribution in [1.82, 2.24) is 0 Å². The van der Waals surface area contributed by atoms with E-state index in [2.05, 4.69) is 5.32 Å². The number of anilines is 1. The van der Waals surface area contributed by atoms with Crippen LogP contribution < -0.4 is 10.1 Å². The zero-order chi connectivity index (χ0) is 22.4. The summed E-state index contributed by atoms with van der Waals surface area (Å²) in [6, 6.07) is 17.3. The third-order valence-electron chi connectivity index (χ3n) is 4.12. The summed E-state index contributed by atoms with van der Waals surface area (Å²) in [5, 5.41) is 12.9. The topological polar surface area (TPSA) is 62.1 Å². The first kappa shape index (κ1) is 22.6. The number of rotatable bonds is 6. The van der Waals surface area contributed by atoms with Gasteiger partial charge in [0.15, 0.2) is 0 Å². The highest BCUT2D eigenvalue weighted by atomic mass is 35.5. The minimum atomic E-state index is -0.656. The minimum absolute atomic E-state index is 0.0934. The fraction of sp³-hybridized carbons (Fsp3) is 0.0435. The van der Waals surface area contributed by atoms with E-state index in [0.717, 1.165) is 0 Å². The largest absolute Gasteiger partial charge is 0.487 e.